The predicted octanol–water partition coefficient (Wildman–Crippen LogP) is 4.10. The van der Waals surface area contributed by atoms with Crippen molar-refractivity contribution in [2.45, 2.75) is 0 Å². The molecule has 0 fully saturated rings. The van der Waals surface area contributed by atoms with E-state index in [9.17, 15) is 20.0 Å². The Balaban J connectivity index is 2.41. The van der Waals surface area contributed by atoms with Crippen LogP contribution in [0.3, 0.4) is 0 Å². The van der Waals surface area contributed by atoms with Gasteiger partial charge < -0.3 is 14.9 Å². The molecule has 0 saturated heterocycles. The zero-order valence-electron chi connectivity index (χ0n) is 10.6. The number of ether oxygens (including phenoxy) is 1. The van der Waals surface area contributed by atoms with Crippen LogP contribution in [0, 0.1) is 10.1 Å². The largest absolute Gasteiger partial charge is 0.507 e. The minimum absolute atomic E-state index is 0.0489. The molecule has 2 rings (SSSR count). The minimum Gasteiger partial charge on any atom is -0.507 e. The lowest BCUT2D eigenvalue weighted by atomic mass is 10.2. The molecule has 0 aliphatic heterocycles. The summed E-state index contributed by atoms with van der Waals surface area (Å²) in [5, 5.41) is 28.8. The van der Waals surface area contributed by atoms with Crippen LogP contribution in [0.5, 0.6) is 17.2 Å². The number of rotatable bonds is 4. The summed E-state index contributed by atoms with van der Waals surface area (Å²) in [6.07, 6.45) is 0. The Bertz CT molecular complexity index is 754. The molecule has 2 aromatic rings. The summed E-state index contributed by atoms with van der Waals surface area (Å²) in [6, 6.07) is 5.62. The van der Waals surface area contributed by atoms with Gasteiger partial charge in [0.05, 0.1) is 15.0 Å². The molecule has 0 aromatic heterocycles. The van der Waals surface area contributed by atoms with Crippen molar-refractivity contribution in [1.82, 2.24) is 0 Å². The lowest BCUT2D eigenvalue weighted by Crippen LogP contribution is -1.98. The molecule has 22 heavy (non-hydrogen) atoms. The Labute approximate surface area is 133 Å². The van der Waals surface area contributed by atoms with Crippen LogP contribution in [0.25, 0.3) is 0 Å². The van der Waals surface area contributed by atoms with Gasteiger partial charge in [0.1, 0.15) is 17.1 Å². The first kappa shape index (κ1) is 15.9. The van der Waals surface area contributed by atoms with E-state index in [4.69, 9.17) is 33.0 Å². The van der Waals surface area contributed by atoms with Gasteiger partial charge in [-0.2, -0.15) is 0 Å². The van der Waals surface area contributed by atoms with Crippen molar-refractivity contribution >= 4 is 34.9 Å². The van der Waals surface area contributed by atoms with Crippen LogP contribution in [0.2, 0.25) is 10.0 Å². The second-order valence-corrected chi connectivity index (χ2v) is 4.90. The number of carboxylic acids is 1. The molecule has 0 amide bonds. The highest BCUT2D eigenvalue weighted by Gasteiger charge is 2.18. The fraction of sp³-hybridized carbons (Fsp3) is 0. The lowest BCUT2D eigenvalue weighted by molar-refractivity contribution is -0.384. The predicted molar refractivity (Wildman–Crippen MR) is 78.3 cm³/mol. The average molecular weight is 344 g/mol. The van der Waals surface area contributed by atoms with Crippen molar-refractivity contribution in [3.63, 3.8) is 0 Å². The maximum atomic E-state index is 10.9. The first-order valence-electron chi connectivity index (χ1n) is 5.67. The number of benzene rings is 2. The molecule has 0 heterocycles. The summed E-state index contributed by atoms with van der Waals surface area (Å²) in [5.74, 6) is -1.78. The minimum atomic E-state index is -1.34. The summed E-state index contributed by atoms with van der Waals surface area (Å²) in [7, 11) is 0. The maximum Gasteiger partial charge on any atom is 0.339 e. The highest BCUT2D eigenvalue weighted by molar-refractivity contribution is 6.37. The zero-order valence-corrected chi connectivity index (χ0v) is 12.1. The van der Waals surface area contributed by atoms with Crippen molar-refractivity contribution in [1.29, 1.82) is 0 Å². The van der Waals surface area contributed by atoms with Crippen LogP contribution < -0.4 is 4.74 Å². The smallest absolute Gasteiger partial charge is 0.339 e. The molecule has 0 atom stereocenters. The van der Waals surface area contributed by atoms with E-state index in [0.717, 1.165) is 24.3 Å². The van der Waals surface area contributed by atoms with Crippen LogP contribution in [-0.4, -0.2) is 21.1 Å². The van der Waals surface area contributed by atoms with Gasteiger partial charge in [-0.25, -0.2) is 4.79 Å². The van der Waals surface area contributed by atoms with Crippen LogP contribution in [0.1, 0.15) is 10.4 Å². The summed E-state index contributed by atoms with van der Waals surface area (Å²) in [4.78, 5) is 21.0. The molecule has 9 heteroatoms. The first-order chi connectivity index (χ1) is 10.3. The summed E-state index contributed by atoms with van der Waals surface area (Å²) >= 11 is 11.8. The highest BCUT2D eigenvalue weighted by Crippen LogP contribution is 2.40. The average Bonchev–Trinajstić information content (AvgIpc) is 2.43. The molecule has 0 saturated carbocycles. The van der Waals surface area contributed by atoms with Crippen LogP contribution >= 0.6 is 23.2 Å². The van der Waals surface area contributed by atoms with E-state index >= 15 is 0 Å². The van der Waals surface area contributed by atoms with Crippen molar-refractivity contribution < 1.29 is 24.7 Å². The number of carboxylic acid groups (broad SMARTS) is 1. The molecule has 0 unspecified atom stereocenters. The highest BCUT2D eigenvalue weighted by atomic mass is 35.5. The van der Waals surface area contributed by atoms with Crippen LogP contribution in [0.15, 0.2) is 30.3 Å². The van der Waals surface area contributed by atoms with E-state index in [1.54, 1.807) is 0 Å². The molecule has 0 bridgehead atoms. The number of nitro benzene ring substituents is 1. The van der Waals surface area contributed by atoms with Gasteiger partial charge in [0.2, 0.25) is 0 Å². The van der Waals surface area contributed by atoms with Crippen molar-refractivity contribution in [2.24, 2.45) is 0 Å². The third-order valence-corrected chi connectivity index (χ3v) is 3.17. The SMILES string of the molecule is O=C(O)c1cc(Oc2c(Cl)cc([N+](=O)[O-])cc2Cl)ccc1O. The number of nitrogens with zero attached hydrogens (tertiary/aromatic N) is 1. The Morgan fingerprint density at radius 3 is 2.27 bits per heavy atom. The molecular formula is C13H7Cl2NO6. The third kappa shape index (κ3) is 3.21. The van der Waals surface area contributed by atoms with E-state index < -0.39 is 16.6 Å². The van der Waals surface area contributed by atoms with Crippen molar-refractivity contribution in [2.75, 3.05) is 0 Å². The monoisotopic (exact) mass is 343 g/mol. The van der Waals surface area contributed by atoms with Gasteiger partial charge in [-0.1, -0.05) is 23.2 Å². The number of phenols is 1. The number of aromatic carboxylic acids is 1. The summed E-state index contributed by atoms with van der Waals surface area (Å²) < 4.78 is 5.36. The van der Waals surface area contributed by atoms with Gasteiger partial charge in [0.25, 0.3) is 5.69 Å². The first-order valence-corrected chi connectivity index (χ1v) is 6.42. The number of halogens is 2. The normalized spacial score (nSPS) is 10.3. The van der Waals surface area contributed by atoms with E-state index in [1.165, 1.54) is 6.07 Å². The number of nitro groups is 1. The summed E-state index contributed by atoms with van der Waals surface area (Å²) in [6.45, 7) is 0. The van der Waals surface area contributed by atoms with E-state index in [1.807, 2.05) is 0 Å². The van der Waals surface area contributed by atoms with Gasteiger partial charge in [-0.15, -0.1) is 0 Å². The molecular weight excluding hydrogens is 337 g/mol. The second kappa shape index (κ2) is 6.08. The quantitative estimate of drug-likeness (QED) is 0.638. The summed E-state index contributed by atoms with van der Waals surface area (Å²) in [5.41, 5.74) is -0.675. The van der Waals surface area contributed by atoms with E-state index in [0.29, 0.717) is 0 Å². The molecule has 2 aromatic carbocycles. The fourth-order valence-corrected chi connectivity index (χ4v) is 2.17. The molecule has 7 nitrogen and oxygen atoms in total. The molecule has 0 spiro atoms. The number of aromatic hydroxyl groups is 1. The number of carbonyl (C=O) groups is 1. The van der Waals surface area contributed by atoms with Crippen LogP contribution in [-0.2, 0) is 0 Å². The third-order valence-electron chi connectivity index (χ3n) is 2.61. The zero-order chi connectivity index (χ0) is 16.4. The van der Waals surface area contributed by atoms with Crippen molar-refractivity contribution in [3.8, 4) is 17.2 Å². The van der Waals surface area contributed by atoms with Gasteiger partial charge in [0, 0.05) is 12.1 Å². The molecule has 0 radical (unpaired) electrons. The molecule has 0 aliphatic rings. The maximum absolute atomic E-state index is 10.9. The van der Waals surface area contributed by atoms with Gasteiger partial charge in [0.15, 0.2) is 5.75 Å². The lowest BCUT2D eigenvalue weighted by Gasteiger charge is -2.10. The molecule has 0 aliphatic carbocycles. The van der Waals surface area contributed by atoms with Crippen LogP contribution in [0.4, 0.5) is 5.69 Å². The Morgan fingerprint density at radius 2 is 1.77 bits per heavy atom. The number of non-ortho nitro benzene ring substituents is 1. The standard InChI is InChI=1S/C13H7Cl2NO6/c14-9-3-6(16(20)21)4-10(15)12(9)22-7-1-2-11(17)8(5-7)13(18)19/h1-5,17H,(H,18,19). The van der Waals surface area contributed by atoms with Gasteiger partial charge in [-0.3, -0.25) is 10.1 Å². The Kier molecular flexibility index (Phi) is 4.39. The van der Waals surface area contributed by atoms with Gasteiger partial charge in [-0.05, 0) is 18.2 Å². The van der Waals surface area contributed by atoms with Gasteiger partial charge >= 0.3 is 5.97 Å². The Hall–Kier alpha value is -2.51. The topological polar surface area (TPSA) is 110 Å². The van der Waals surface area contributed by atoms with Crippen molar-refractivity contribution in [3.05, 3.63) is 56.1 Å². The fourth-order valence-electron chi connectivity index (χ4n) is 1.62. The van der Waals surface area contributed by atoms with E-state index in [-0.39, 0.29) is 32.8 Å². The second-order valence-electron chi connectivity index (χ2n) is 4.08. The molecule has 2 N–H and O–H groups in total. The number of hydrogen-bond acceptors (Lipinski definition) is 5. The van der Waals surface area contributed by atoms with E-state index in [2.05, 4.69) is 0 Å². The molecule has 114 valence electrons. The number of hydrogen-bond donors (Lipinski definition) is 2. The Morgan fingerprint density at radius 1 is 1.18 bits per heavy atom.